The average molecular weight is 821 g/mol. The minimum atomic E-state index is -0.492. The molecule has 0 saturated heterocycles. The third kappa shape index (κ3) is 14.8. The van der Waals surface area contributed by atoms with Crippen molar-refractivity contribution >= 4 is 74.3 Å². The Kier molecular flexibility index (Phi) is 22.2. The second-order valence-corrected chi connectivity index (χ2v) is 13.1. The fourth-order valence-corrected chi connectivity index (χ4v) is 6.11. The summed E-state index contributed by atoms with van der Waals surface area (Å²) in [5, 5.41) is 8.89. The van der Waals surface area contributed by atoms with E-state index < -0.39 is 5.82 Å². The van der Waals surface area contributed by atoms with Gasteiger partial charge in [-0.1, -0.05) is 66.8 Å². The number of halogens is 4. The number of rotatable bonds is 13. The van der Waals surface area contributed by atoms with Gasteiger partial charge in [-0.15, -0.1) is 0 Å². The molecule has 0 atom stereocenters. The van der Waals surface area contributed by atoms with E-state index >= 15 is 0 Å². The maximum absolute atomic E-state index is 12.4. The van der Waals surface area contributed by atoms with E-state index in [0.29, 0.717) is 22.9 Å². The van der Waals surface area contributed by atoms with E-state index in [1.807, 2.05) is 30.3 Å². The highest BCUT2D eigenvalue weighted by atomic mass is 35.5. The monoisotopic (exact) mass is 819 g/mol. The number of aromatic nitrogens is 2. The van der Waals surface area contributed by atoms with Crippen molar-refractivity contribution in [2.24, 2.45) is 5.73 Å². The maximum atomic E-state index is 12.4. The molecule has 0 unspecified atom stereocenters. The molecule has 0 fully saturated rings. The zero-order valence-electron chi connectivity index (χ0n) is 33.1. The Balaban J connectivity index is 0.000000310. The highest BCUT2D eigenvalue weighted by molar-refractivity contribution is 6.34. The number of benzene rings is 3. The first-order valence-electron chi connectivity index (χ1n) is 18.7. The predicted octanol–water partition coefficient (Wildman–Crippen LogP) is 11.9. The lowest BCUT2D eigenvalue weighted by Gasteiger charge is -2.22. The van der Waals surface area contributed by atoms with Gasteiger partial charge in [0.1, 0.15) is 11.6 Å². The number of anilines is 3. The van der Waals surface area contributed by atoms with Crippen molar-refractivity contribution in [2.75, 3.05) is 67.5 Å². The summed E-state index contributed by atoms with van der Waals surface area (Å²) in [6.45, 7) is 33.3. The number of hydrogen-bond acceptors (Lipinski definition) is 7. The van der Waals surface area contributed by atoms with Crippen LogP contribution < -0.4 is 26.2 Å². The Morgan fingerprint density at radius 1 is 0.732 bits per heavy atom. The number of nitrogens with two attached hydrogens (primary N) is 1. The first-order valence-corrected chi connectivity index (χ1v) is 19.9. The molecule has 0 spiro atoms. The molecule has 298 valence electrons. The average Bonchev–Trinajstić information content (AvgIpc) is 3.22. The zero-order valence-corrected chi connectivity index (χ0v) is 35.4. The van der Waals surface area contributed by atoms with Gasteiger partial charge in [0, 0.05) is 49.9 Å². The van der Waals surface area contributed by atoms with Gasteiger partial charge in [-0.3, -0.25) is 4.98 Å². The van der Waals surface area contributed by atoms with Crippen LogP contribution in [0.25, 0.3) is 31.9 Å². The minimum Gasteiger partial charge on any atom is -0.371 e. The van der Waals surface area contributed by atoms with E-state index in [1.54, 1.807) is 18.3 Å². The summed E-state index contributed by atoms with van der Waals surface area (Å²) >= 11 is 18.0. The van der Waals surface area contributed by atoms with Gasteiger partial charge in [0.2, 0.25) is 0 Å². The lowest BCUT2D eigenvalue weighted by atomic mass is 10.1. The highest BCUT2D eigenvalue weighted by Gasteiger charge is 2.12. The molecule has 13 heteroatoms. The van der Waals surface area contributed by atoms with Gasteiger partial charge in [0.15, 0.2) is 11.4 Å². The minimum absolute atomic E-state index is 0.00602. The van der Waals surface area contributed by atoms with Crippen molar-refractivity contribution in [3.05, 3.63) is 123 Å². The largest absolute Gasteiger partial charge is 0.371 e. The zero-order chi connectivity index (χ0) is 41.5. The Morgan fingerprint density at radius 3 is 1.77 bits per heavy atom. The quantitative estimate of drug-likeness (QED) is 0.0805. The van der Waals surface area contributed by atoms with Crippen molar-refractivity contribution in [1.82, 2.24) is 15.3 Å². The van der Waals surface area contributed by atoms with Crippen LogP contribution in [-0.2, 0) is 0 Å². The van der Waals surface area contributed by atoms with E-state index in [-0.39, 0.29) is 5.02 Å². The van der Waals surface area contributed by atoms with E-state index in [4.69, 9.17) is 58.7 Å². The Hall–Kier alpha value is -4.68. The van der Waals surface area contributed by atoms with Gasteiger partial charge in [-0.25, -0.2) is 19.1 Å². The van der Waals surface area contributed by atoms with Crippen molar-refractivity contribution in [2.45, 2.75) is 48.0 Å². The van der Waals surface area contributed by atoms with Crippen molar-refractivity contribution in [1.29, 1.82) is 0 Å². The van der Waals surface area contributed by atoms with Crippen molar-refractivity contribution < 1.29 is 4.39 Å². The molecule has 0 aliphatic rings. The molecule has 0 bridgehead atoms. The highest BCUT2D eigenvalue weighted by Crippen LogP contribution is 2.33. The van der Waals surface area contributed by atoms with E-state index in [0.717, 1.165) is 96.6 Å². The van der Waals surface area contributed by atoms with Gasteiger partial charge >= 0.3 is 0 Å². The third-order valence-electron chi connectivity index (χ3n) is 8.32. The molecule has 0 radical (unpaired) electrons. The first-order chi connectivity index (χ1) is 27.0. The van der Waals surface area contributed by atoms with E-state index in [2.05, 4.69) is 88.8 Å². The normalized spacial score (nSPS) is 10.0. The van der Waals surface area contributed by atoms with Crippen LogP contribution in [0, 0.1) is 19.0 Å². The molecule has 3 aromatic carbocycles. The maximum Gasteiger partial charge on any atom is 0.188 e. The summed E-state index contributed by atoms with van der Waals surface area (Å²) in [7, 11) is 0. The number of pyridine rings is 2. The van der Waals surface area contributed by atoms with Crippen LogP contribution in [0.1, 0.15) is 48.0 Å². The molecular formula is C43H53Cl3FN9. The molecule has 0 aliphatic carbocycles. The number of nitrogens with zero attached hydrogens (tertiary/aromatic N) is 6. The molecule has 2 heterocycles. The SMILES string of the molecule is CCN(CC)c1ccc(-c2cc3ncccc3c(NCCCN)n2)cc1Cl.CCNCC.[C-]#[N+]c1ccc(F)c(Cl)c1.[C-]#[N+]c1ccc(N(CC)CC)c(Cl)c1. The molecule has 0 aliphatic heterocycles. The second-order valence-electron chi connectivity index (χ2n) is 11.9. The van der Waals surface area contributed by atoms with Crippen LogP contribution in [0.4, 0.5) is 33.0 Å². The summed E-state index contributed by atoms with van der Waals surface area (Å²) in [6, 6.07) is 21.3. The van der Waals surface area contributed by atoms with E-state index in [9.17, 15) is 4.39 Å². The summed E-state index contributed by atoms with van der Waals surface area (Å²) in [5.41, 5.74) is 11.3. The number of nitrogens with one attached hydrogen (secondary N) is 2. The smallest absolute Gasteiger partial charge is 0.188 e. The standard InChI is InChI=1S/C21H26ClN5.C11H13ClN2.C7H3ClFN.C4H11N/c1-3-27(4-2)20-9-8-15(13-17(20)22)18-14-19-16(7-5-11-24-19)21(26-18)25-12-6-10-23;1-4-14(5-2)11-7-6-9(13-3)8-10(11)12;1-10-5-2-3-7(9)6(8)4-5;1-3-5-4-2/h5,7-9,11,13-14H,3-4,6,10,12,23H2,1-2H3,(H,25,26);6-8H,4-5H2,1-2H3;2-4H;5H,3-4H2,1-2H3. The Morgan fingerprint density at radius 2 is 1.29 bits per heavy atom. The molecule has 56 heavy (non-hydrogen) atoms. The van der Waals surface area contributed by atoms with Gasteiger partial charge in [-0.2, -0.15) is 0 Å². The molecular weight excluding hydrogens is 768 g/mol. The fraction of sp³-hybridized carbons (Fsp3) is 0.349. The van der Waals surface area contributed by atoms with Crippen molar-refractivity contribution in [3.63, 3.8) is 0 Å². The first kappa shape index (κ1) is 47.5. The van der Waals surface area contributed by atoms with Crippen LogP contribution in [0.5, 0.6) is 0 Å². The predicted molar refractivity (Wildman–Crippen MR) is 239 cm³/mol. The summed E-state index contributed by atoms with van der Waals surface area (Å²) in [5.74, 6) is 0.335. The van der Waals surface area contributed by atoms with Gasteiger partial charge < -0.3 is 26.2 Å². The van der Waals surface area contributed by atoms with Gasteiger partial charge in [0.05, 0.1) is 50.8 Å². The van der Waals surface area contributed by atoms with Gasteiger partial charge in [-0.05, 0) is 108 Å². The summed E-state index contributed by atoms with van der Waals surface area (Å²) in [6.07, 6.45) is 2.68. The molecule has 2 aromatic heterocycles. The van der Waals surface area contributed by atoms with Crippen LogP contribution in [0.3, 0.4) is 0 Å². The topological polar surface area (TPSA) is 91.1 Å². The molecule has 0 amide bonds. The number of hydrogen-bond donors (Lipinski definition) is 3. The molecule has 0 saturated carbocycles. The van der Waals surface area contributed by atoms with Crippen LogP contribution in [0.15, 0.2) is 79.0 Å². The Labute approximate surface area is 347 Å². The third-order valence-corrected chi connectivity index (χ3v) is 9.21. The van der Waals surface area contributed by atoms with Gasteiger partial charge in [0.25, 0.3) is 0 Å². The van der Waals surface area contributed by atoms with Crippen LogP contribution in [-0.4, -0.2) is 62.3 Å². The summed E-state index contributed by atoms with van der Waals surface area (Å²) < 4.78 is 12.4. The summed E-state index contributed by atoms with van der Waals surface area (Å²) in [4.78, 5) is 20.1. The number of fused-ring (bicyclic) bond motifs is 1. The molecule has 9 nitrogen and oxygen atoms in total. The molecule has 4 N–H and O–H groups in total. The molecule has 5 aromatic rings. The lowest BCUT2D eigenvalue weighted by molar-refractivity contribution is 0.628. The molecule has 5 rings (SSSR count). The van der Waals surface area contributed by atoms with E-state index in [1.165, 1.54) is 18.2 Å². The Bertz CT molecular complexity index is 2020. The van der Waals surface area contributed by atoms with Crippen LogP contribution >= 0.6 is 34.8 Å². The lowest BCUT2D eigenvalue weighted by Crippen LogP contribution is -2.22. The van der Waals surface area contributed by atoms with Crippen LogP contribution in [0.2, 0.25) is 15.1 Å². The second kappa shape index (κ2) is 26.2. The fourth-order valence-electron chi connectivity index (χ4n) is 5.34. The van der Waals surface area contributed by atoms with Crippen molar-refractivity contribution in [3.8, 4) is 11.3 Å².